The van der Waals surface area contributed by atoms with E-state index >= 15 is 0 Å². The van der Waals surface area contributed by atoms with E-state index in [2.05, 4.69) is 4.98 Å². The van der Waals surface area contributed by atoms with E-state index in [4.69, 9.17) is 9.15 Å². The van der Waals surface area contributed by atoms with Gasteiger partial charge in [-0.25, -0.2) is 9.78 Å². The Kier molecular flexibility index (Phi) is 2.81. The Morgan fingerprint density at radius 1 is 1.33 bits per heavy atom. The van der Waals surface area contributed by atoms with Crippen LogP contribution in [-0.2, 0) is 0 Å². The number of ether oxygens (including phenoxy) is 1. The molecular weight excluding hydrogens is 310 g/mol. The second kappa shape index (κ2) is 4.67. The third-order valence-corrected chi connectivity index (χ3v) is 3.98. The standard InChI is InChI=1S/C18H13NO5/c1-18(2)6-5-9-11(24-18)8-12-14(13(9)17(21)22)15(20)10-4-3-7-19-16(10)23-12/h3-8H,1-2H3,(H,21,22). The minimum Gasteiger partial charge on any atom is -0.483 e. The lowest BCUT2D eigenvalue weighted by molar-refractivity contribution is 0.0696. The Hall–Kier alpha value is -3.15. The summed E-state index contributed by atoms with van der Waals surface area (Å²) in [5.41, 5.74) is -0.437. The average Bonchev–Trinajstić information content (AvgIpc) is 2.52. The molecule has 0 atom stereocenters. The first kappa shape index (κ1) is 14.4. The third-order valence-electron chi connectivity index (χ3n) is 3.98. The lowest BCUT2D eigenvalue weighted by Gasteiger charge is -2.28. The Morgan fingerprint density at radius 3 is 2.88 bits per heavy atom. The Morgan fingerprint density at radius 2 is 2.12 bits per heavy atom. The largest absolute Gasteiger partial charge is 0.483 e. The smallest absolute Gasteiger partial charge is 0.337 e. The molecular formula is C18H13NO5. The van der Waals surface area contributed by atoms with Crippen LogP contribution in [0.2, 0.25) is 0 Å². The van der Waals surface area contributed by atoms with E-state index in [0.717, 1.165) is 0 Å². The van der Waals surface area contributed by atoms with Crippen molar-refractivity contribution in [1.82, 2.24) is 4.98 Å². The molecule has 6 nitrogen and oxygen atoms in total. The number of carboxylic acid groups (broad SMARTS) is 1. The highest BCUT2D eigenvalue weighted by Crippen LogP contribution is 2.37. The fourth-order valence-corrected chi connectivity index (χ4v) is 2.91. The highest BCUT2D eigenvalue weighted by Gasteiger charge is 2.29. The Balaban J connectivity index is 2.22. The van der Waals surface area contributed by atoms with Gasteiger partial charge in [0.25, 0.3) is 0 Å². The molecule has 0 aliphatic carbocycles. The number of benzene rings is 1. The van der Waals surface area contributed by atoms with Crippen molar-refractivity contribution in [2.75, 3.05) is 0 Å². The number of aromatic carboxylic acids is 1. The van der Waals surface area contributed by atoms with Gasteiger partial charge in [-0.1, -0.05) is 6.08 Å². The molecule has 1 aromatic carbocycles. The van der Waals surface area contributed by atoms with Gasteiger partial charge in [0, 0.05) is 17.8 Å². The van der Waals surface area contributed by atoms with Crippen LogP contribution < -0.4 is 10.2 Å². The van der Waals surface area contributed by atoms with E-state index in [0.29, 0.717) is 11.3 Å². The molecule has 3 aromatic rings. The summed E-state index contributed by atoms with van der Waals surface area (Å²) in [6.45, 7) is 3.71. The second-order valence-electron chi connectivity index (χ2n) is 6.17. The first-order valence-electron chi connectivity index (χ1n) is 7.37. The number of nitrogens with zero attached hydrogens (tertiary/aromatic N) is 1. The van der Waals surface area contributed by atoms with Crippen LogP contribution in [0.15, 0.2) is 39.7 Å². The zero-order valence-electron chi connectivity index (χ0n) is 13.0. The molecule has 0 fully saturated rings. The molecule has 0 saturated carbocycles. The summed E-state index contributed by atoms with van der Waals surface area (Å²) in [6, 6.07) is 4.72. The van der Waals surface area contributed by atoms with Gasteiger partial charge in [-0.15, -0.1) is 0 Å². The highest BCUT2D eigenvalue weighted by atomic mass is 16.5. The first-order valence-corrected chi connectivity index (χ1v) is 7.37. The van der Waals surface area contributed by atoms with Crippen LogP contribution in [0.3, 0.4) is 0 Å². The molecule has 1 N–H and O–H groups in total. The second-order valence-corrected chi connectivity index (χ2v) is 6.17. The van der Waals surface area contributed by atoms with E-state index in [1.165, 1.54) is 6.20 Å². The average molecular weight is 323 g/mol. The van der Waals surface area contributed by atoms with Crippen LogP contribution >= 0.6 is 0 Å². The minimum atomic E-state index is -1.21. The van der Waals surface area contributed by atoms with Crippen molar-refractivity contribution in [3.05, 3.63) is 51.8 Å². The molecule has 2 aromatic heterocycles. The number of carboxylic acids is 1. The molecule has 1 aliphatic rings. The summed E-state index contributed by atoms with van der Waals surface area (Å²) in [7, 11) is 0. The molecule has 0 spiro atoms. The number of pyridine rings is 1. The molecule has 1 aliphatic heterocycles. The van der Waals surface area contributed by atoms with E-state index in [1.807, 2.05) is 13.8 Å². The van der Waals surface area contributed by atoms with Crippen molar-refractivity contribution in [2.45, 2.75) is 19.4 Å². The van der Waals surface area contributed by atoms with Crippen LogP contribution in [-0.4, -0.2) is 21.7 Å². The van der Waals surface area contributed by atoms with E-state index in [9.17, 15) is 14.7 Å². The maximum absolute atomic E-state index is 12.8. The summed E-state index contributed by atoms with van der Waals surface area (Å²) in [4.78, 5) is 28.7. The number of aromatic nitrogens is 1. The van der Waals surface area contributed by atoms with Crippen molar-refractivity contribution in [1.29, 1.82) is 0 Å². The van der Waals surface area contributed by atoms with Crippen LogP contribution in [0.1, 0.15) is 29.8 Å². The van der Waals surface area contributed by atoms with Crippen molar-refractivity contribution >= 4 is 34.1 Å². The fourth-order valence-electron chi connectivity index (χ4n) is 2.91. The van der Waals surface area contributed by atoms with Gasteiger partial charge in [-0.3, -0.25) is 4.79 Å². The molecule has 0 saturated heterocycles. The van der Waals surface area contributed by atoms with Crippen LogP contribution in [0.5, 0.6) is 5.75 Å². The number of rotatable bonds is 1. The first-order chi connectivity index (χ1) is 11.4. The van der Waals surface area contributed by atoms with Crippen LogP contribution in [0.4, 0.5) is 0 Å². The molecule has 24 heavy (non-hydrogen) atoms. The summed E-state index contributed by atoms with van der Waals surface area (Å²) < 4.78 is 11.5. The number of carbonyl (C=O) groups is 1. The fraction of sp³-hybridized carbons (Fsp3) is 0.167. The highest BCUT2D eigenvalue weighted by molar-refractivity contribution is 6.08. The van der Waals surface area contributed by atoms with E-state index in [1.54, 1.807) is 30.4 Å². The van der Waals surface area contributed by atoms with Crippen LogP contribution in [0.25, 0.3) is 28.1 Å². The SMILES string of the molecule is CC1(C)C=Cc2c(cc3oc4ncccc4c(=O)c3c2C(=O)O)O1. The molecule has 4 rings (SSSR count). The van der Waals surface area contributed by atoms with Crippen LogP contribution in [0, 0.1) is 0 Å². The molecule has 120 valence electrons. The number of fused-ring (bicyclic) bond motifs is 3. The minimum absolute atomic E-state index is 0.0229. The van der Waals surface area contributed by atoms with Gasteiger partial charge in [0.05, 0.1) is 16.3 Å². The van der Waals surface area contributed by atoms with Crippen molar-refractivity contribution < 1.29 is 19.1 Å². The van der Waals surface area contributed by atoms with Crippen molar-refractivity contribution in [3.63, 3.8) is 0 Å². The molecule has 3 heterocycles. The van der Waals surface area contributed by atoms with Gasteiger partial charge in [0.1, 0.15) is 16.9 Å². The topological polar surface area (TPSA) is 89.6 Å². The Labute approximate surface area is 136 Å². The predicted molar refractivity (Wildman–Crippen MR) is 88.5 cm³/mol. The van der Waals surface area contributed by atoms with Gasteiger partial charge in [-0.2, -0.15) is 0 Å². The van der Waals surface area contributed by atoms with E-state index in [-0.39, 0.29) is 27.6 Å². The maximum Gasteiger partial charge on any atom is 0.337 e. The van der Waals surface area contributed by atoms with Gasteiger partial charge >= 0.3 is 5.97 Å². The maximum atomic E-state index is 12.8. The lowest BCUT2D eigenvalue weighted by atomic mass is 9.95. The third kappa shape index (κ3) is 2.00. The van der Waals surface area contributed by atoms with Crippen molar-refractivity contribution in [3.8, 4) is 5.75 Å². The van der Waals surface area contributed by atoms with Gasteiger partial charge in [0.2, 0.25) is 11.1 Å². The zero-order valence-corrected chi connectivity index (χ0v) is 13.0. The van der Waals surface area contributed by atoms with Crippen molar-refractivity contribution in [2.24, 2.45) is 0 Å². The summed E-state index contributed by atoms with van der Waals surface area (Å²) in [5, 5.41) is 9.95. The molecule has 0 amide bonds. The van der Waals surface area contributed by atoms with E-state index < -0.39 is 17.0 Å². The summed E-state index contributed by atoms with van der Waals surface area (Å²) in [5.74, 6) is -0.842. The molecule has 0 unspecified atom stereocenters. The van der Waals surface area contributed by atoms with Gasteiger partial charge in [0.15, 0.2) is 0 Å². The quantitative estimate of drug-likeness (QED) is 0.692. The predicted octanol–water partition coefficient (Wildman–Crippen LogP) is 3.22. The zero-order chi connectivity index (χ0) is 17.1. The van der Waals surface area contributed by atoms with Gasteiger partial charge < -0.3 is 14.3 Å². The molecule has 0 bridgehead atoms. The Bertz CT molecular complexity index is 1110. The monoisotopic (exact) mass is 323 g/mol. The number of hydrogen-bond donors (Lipinski definition) is 1. The normalized spacial score (nSPS) is 15.2. The lowest BCUT2D eigenvalue weighted by Crippen LogP contribution is -2.28. The molecule has 0 radical (unpaired) electrons. The number of hydrogen-bond acceptors (Lipinski definition) is 5. The molecule has 6 heteroatoms. The summed E-state index contributed by atoms with van der Waals surface area (Å²) >= 11 is 0. The van der Waals surface area contributed by atoms with Gasteiger partial charge in [-0.05, 0) is 32.1 Å². The summed E-state index contributed by atoms with van der Waals surface area (Å²) in [6.07, 6.45) is 4.95.